The van der Waals surface area contributed by atoms with Gasteiger partial charge in [0.1, 0.15) is 5.75 Å². The van der Waals surface area contributed by atoms with Gasteiger partial charge in [0.25, 0.3) is 0 Å². The first kappa shape index (κ1) is 8.57. The summed E-state index contributed by atoms with van der Waals surface area (Å²) in [4.78, 5) is 0. The maximum Gasteiger partial charge on any atom is 0.119 e. The highest BCUT2D eigenvalue weighted by molar-refractivity contribution is 5.39. The minimum Gasteiger partial charge on any atom is -0.497 e. The highest BCUT2D eigenvalue weighted by atomic mass is 16.5. The molecule has 0 saturated heterocycles. The normalized spacial score (nSPS) is 15.8. The van der Waals surface area contributed by atoms with Crippen molar-refractivity contribution in [1.82, 2.24) is 0 Å². The monoisotopic (exact) mass is 177 g/mol. The van der Waals surface area contributed by atoms with Crippen LogP contribution in [0.2, 0.25) is 0 Å². The number of ether oxygens (including phenoxy) is 1. The van der Waals surface area contributed by atoms with E-state index in [1.54, 1.807) is 7.11 Å². The molecule has 0 amide bonds. The van der Waals surface area contributed by atoms with Crippen LogP contribution in [0.3, 0.4) is 0 Å². The molecule has 1 aromatic rings. The molecule has 2 heteroatoms. The Labute approximate surface area is 78.7 Å². The lowest BCUT2D eigenvalue weighted by Gasteiger charge is -2.08. The average molecular weight is 177 g/mol. The lowest BCUT2D eigenvalue weighted by Crippen LogP contribution is -2.01. The summed E-state index contributed by atoms with van der Waals surface area (Å²) in [5, 5.41) is 0. The third kappa shape index (κ3) is 1.68. The lowest BCUT2D eigenvalue weighted by molar-refractivity contribution is 0.414. The minimum absolute atomic E-state index is 0.635. The van der Waals surface area contributed by atoms with Gasteiger partial charge in [0.2, 0.25) is 0 Å². The second kappa shape index (κ2) is 3.38. The summed E-state index contributed by atoms with van der Waals surface area (Å²) in [6, 6.07) is 6.18. The van der Waals surface area contributed by atoms with E-state index in [1.807, 2.05) is 6.07 Å². The molecule has 0 heterocycles. The van der Waals surface area contributed by atoms with Gasteiger partial charge in [-0.15, -0.1) is 0 Å². The number of hydrogen-bond acceptors (Lipinski definition) is 2. The Balaban J connectivity index is 2.35. The number of nitrogens with two attached hydrogens (primary N) is 1. The Kier molecular flexibility index (Phi) is 2.23. The Morgan fingerprint density at radius 3 is 2.77 bits per heavy atom. The van der Waals surface area contributed by atoms with Crippen LogP contribution in [-0.4, -0.2) is 7.11 Å². The van der Waals surface area contributed by atoms with Gasteiger partial charge in [0, 0.05) is 6.54 Å². The van der Waals surface area contributed by atoms with Crippen molar-refractivity contribution in [2.45, 2.75) is 25.3 Å². The van der Waals surface area contributed by atoms with Crippen LogP contribution in [0, 0.1) is 0 Å². The van der Waals surface area contributed by atoms with Crippen molar-refractivity contribution in [1.29, 1.82) is 0 Å². The molecular weight excluding hydrogens is 162 g/mol. The molecule has 2 N–H and O–H groups in total. The molecule has 0 bridgehead atoms. The largest absolute Gasteiger partial charge is 0.497 e. The standard InChI is InChI=1S/C11H15NO/c1-13-10-5-4-9(7-12)11(6-10)8-2-3-8/h4-6,8H,2-3,7,12H2,1H3. The average Bonchev–Trinajstić information content (AvgIpc) is 3.00. The quantitative estimate of drug-likeness (QED) is 0.766. The molecule has 2 nitrogen and oxygen atoms in total. The Bertz CT molecular complexity index is 305. The van der Waals surface area contributed by atoms with Crippen LogP contribution in [0.1, 0.15) is 29.9 Å². The van der Waals surface area contributed by atoms with E-state index in [0.717, 1.165) is 11.7 Å². The molecule has 70 valence electrons. The smallest absolute Gasteiger partial charge is 0.119 e. The number of benzene rings is 1. The van der Waals surface area contributed by atoms with E-state index in [9.17, 15) is 0 Å². The summed E-state index contributed by atoms with van der Waals surface area (Å²) < 4.78 is 5.19. The van der Waals surface area contributed by atoms with Gasteiger partial charge >= 0.3 is 0 Å². The molecule has 0 radical (unpaired) electrons. The zero-order valence-corrected chi connectivity index (χ0v) is 7.92. The maximum absolute atomic E-state index is 5.67. The molecule has 0 atom stereocenters. The summed E-state index contributed by atoms with van der Waals surface area (Å²) in [5.74, 6) is 1.69. The van der Waals surface area contributed by atoms with Crippen LogP contribution in [0.5, 0.6) is 5.75 Å². The van der Waals surface area contributed by atoms with Gasteiger partial charge in [-0.25, -0.2) is 0 Å². The molecule has 1 saturated carbocycles. The van der Waals surface area contributed by atoms with Gasteiger partial charge in [-0.1, -0.05) is 6.07 Å². The van der Waals surface area contributed by atoms with Crippen molar-refractivity contribution in [2.24, 2.45) is 5.73 Å². The van der Waals surface area contributed by atoms with Crippen LogP contribution in [0.15, 0.2) is 18.2 Å². The van der Waals surface area contributed by atoms with Crippen LogP contribution in [-0.2, 0) is 6.54 Å². The van der Waals surface area contributed by atoms with Gasteiger partial charge in [-0.3, -0.25) is 0 Å². The SMILES string of the molecule is COc1ccc(CN)c(C2CC2)c1. The van der Waals surface area contributed by atoms with Gasteiger partial charge in [0.05, 0.1) is 7.11 Å². The molecular formula is C11H15NO. The molecule has 0 unspecified atom stereocenters. The molecule has 0 aliphatic heterocycles. The third-order valence-electron chi connectivity index (χ3n) is 2.59. The summed E-state index contributed by atoms with van der Waals surface area (Å²) in [6.45, 7) is 0.635. The molecule has 1 aliphatic carbocycles. The van der Waals surface area contributed by atoms with E-state index < -0.39 is 0 Å². The number of methoxy groups -OCH3 is 1. The zero-order valence-electron chi connectivity index (χ0n) is 7.92. The van der Waals surface area contributed by atoms with Gasteiger partial charge < -0.3 is 10.5 Å². The summed E-state index contributed by atoms with van der Waals surface area (Å²) in [6.07, 6.45) is 2.61. The highest BCUT2D eigenvalue weighted by Gasteiger charge is 2.25. The first-order valence-electron chi connectivity index (χ1n) is 4.72. The molecule has 2 rings (SSSR count). The summed E-state index contributed by atoms with van der Waals surface area (Å²) >= 11 is 0. The third-order valence-corrected chi connectivity index (χ3v) is 2.59. The van der Waals surface area contributed by atoms with Crippen molar-refractivity contribution in [3.8, 4) is 5.75 Å². The highest BCUT2D eigenvalue weighted by Crippen LogP contribution is 2.42. The Hall–Kier alpha value is -1.02. The van der Waals surface area contributed by atoms with Crippen molar-refractivity contribution in [3.05, 3.63) is 29.3 Å². The molecule has 1 aliphatic rings. The number of hydrogen-bond donors (Lipinski definition) is 1. The van der Waals surface area contributed by atoms with Crippen molar-refractivity contribution in [3.63, 3.8) is 0 Å². The predicted octanol–water partition coefficient (Wildman–Crippen LogP) is 2.03. The molecule has 0 spiro atoms. The van der Waals surface area contributed by atoms with E-state index in [2.05, 4.69) is 12.1 Å². The van der Waals surface area contributed by atoms with E-state index in [-0.39, 0.29) is 0 Å². The lowest BCUT2D eigenvalue weighted by atomic mass is 10.0. The fourth-order valence-electron chi connectivity index (χ4n) is 1.66. The second-order valence-electron chi connectivity index (χ2n) is 3.54. The van der Waals surface area contributed by atoms with Crippen LogP contribution >= 0.6 is 0 Å². The summed E-state index contributed by atoms with van der Waals surface area (Å²) in [5.41, 5.74) is 8.32. The second-order valence-corrected chi connectivity index (χ2v) is 3.54. The van der Waals surface area contributed by atoms with Gasteiger partial charge in [0.15, 0.2) is 0 Å². The van der Waals surface area contributed by atoms with Gasteiger partial charge in [-0.05, 0) is 42.0 Å². The fraction of sp³-hybridized carbons (Fsp3) is 0.455. The van der Waals surface area contributed by atoms with E-state index >= 15 is 0 Å². The van der Waals surface area contributed by atoms with Crippen LogP contribution in [0.25, 0.3) is 0 Å². The van der Waals surface area contributed by atoms with Crippen molar-refractivity contribution < 1.29 is 4.74 Å². The van der Waals surface area contributed by atoms with E-state index in [1.165, 1.54) is 24.0 Å². The topological polar surface area (TPSA) is 35.2 Å². The molecule has 0 aromatic heterocycles. The van der Waals surface area contributed by atoms with Crippen molar-refractivity contribution in [2.75, 3.05) is 7.11 Å². The first-order valence-corrected chi connectivity index (χ1v) is 4.72. The van der Waals surface area contributed by atoms with Gasteiger partial charge in [-0.2, -0.15) is 0 Å². The van der Waals surface area contributed by atoms with Crippen LogP contribution < -0.4 is 10.5 Å². The first-order chi connectivity index (χ1) is 6.35. The van der Waals surface area contributed by atoms with Crippen molar-refractivity contribution >= 4 is 0 Å². The van der Waals surface area contributed by atoms with E-state index in [4.69, 9.17) is 10.5 Å². The molecule has 1 fully saturated rings. The molecule has 1 aromatic carbocycles. The Morgan fingerprint density at radius 2 is 2.23 bits per heavy atom. The molecule has 13 heavy (non-hydrogen) atoms. The maximum atomic E-state index is 5.67. The fourth-order valence-corrected chi connectivity index (χ4v) is 1.66. The van der Waals surface area contributed by atoms with Crippen LogP contribution in [0.4, 0.5) is 0 Å². The minimum atomic E-state index is 0.635. The van der Waals surface area contributed by atoms with E-state index in [0.29, 0.717) is 6.54 Å². The Morgan fingerprint density at radius 1 is 1.46 bits per heavy atom. The zero-order chi connectivity index (χ0) is 9.26. The number of rotatable bonds is 3. The summed E-state index contributed by atoms with van der Waals surface area (Å²) in [7, 11) is 1.70. The predicted molar refractivity (Wildman–Crippen MR) is 52.9 cm³/mol.